The molecule has 0 aliphatic carbocycles. The summed E-state index contributed by atoms with van der Waals surface area (Å²) in [6, 6.07) is 10.4. The molecule has 7 heteroatoms. The second-order valence-electron chi connectivity index (χ2n) is 4.53. The van der Waals surface area contributed by atoms with Crippen molar-refractivity contribution in [2.75, 3.05) is 18.5 Å². The van der Waals surface area contributed by atoms with E-state index >= 15 is 0 Å². The minimum atomic E-state index is -0.373. The molecule has 0 saturated heterocycles. The van der Waals surface area contributed by atoms with E-state index in [2.05, 4.69) is 53.1 Å². The fourth-order valence-corrected chi connectivity index (χ4v) is 3.16. The summed E-state index contributed by atoms with van der Waals surface area (Å²) >= 11 is 9.80. The summed E-state index contributed by atoms with van der Waals surface area (Å²) in [7, 11) is 0. The average Bonchev–Trinajstić information content (AvgIpc) is 2.54. The molecule has 0 spiro atoms. The SMILES string of the molecule is CCOCC.O=C(Nc1ccc(Br)cc1)c1cc(Br)cc(Br)c1O. The third-order valence-corrected chi connectivity index (χ3v) is 4.37. The highest BCUT2D eigenvalue weighted by Gasteiger charge is 2.15. The topological polar surface area (TPSA) is 58.6 Å². The van der Waals surface area contributed by atoms with E-state index in [0.29, 0.717) is 14.6 Å². The molecule has 0 fully saturated rings. The van der Waals surface area contributed by atoms with Gasteiger partial charge < -0.3 is 15.2 Å². The van der Waals surface area contributed by atoms with Crippen molar-refractivity contribution >= 4 is 59.4 Å². The van der Waals surface area contributed by atoms with E-state index in [-0.39, 0.29) is 17.2 Å². The molecule has 0 aliphatic heterocycles. The quantitative estimate of drug-likeness (QED) is 0.518. The molecule has 2 rings (SSSR count). The zero-order valence-corrected chi connectivity index (χ0v) is 18.0. The van der Waals surface area contributed by atoms with Crippen LogP contribution < -0.4 is 5.32 Å². The molecule has 2 N–H and O–H groups in total. The first-order chi connectivity index (χ1) is 11.4. The lowest BCUT2D eigenvalue weighted by molar-refractivity contribution is 0.102. The van der Waals surface area contributed by atoms with Gasteiger partial charge in [-0.25, -0.2) is 0 Å². The number of carbonyl (C=O) groups is 1. The van der Waals surface area contributed by atoms with Crippen LogP contribution in [-0.4, -0.2) is 24.2 Å². The van der Waals surface area contributed by atoms with Crippen molar-refractivity contribution in [3.63, 3.8) is 0 Å². The van der Waals surface area contributed by atoms with E-state index in [0.717, 1.165) is 17.7 Å². The van der Waals surface area contributed by atoms with Crippen molar-refractivity contribution < 1.29 is 14.6 Å². The summed E-state index contributed by atoms with van der Waals surface area (Å²) in [5, 5.41) is 12.6. The van der Waals surface area contributed by atoms with E-state index in [4.69, 9.17) is 4.74 Å². The Bertz CT molecular complexity index is 674. The molecule has 0 atom stereocenters. The highest BCUT2D eigenvalue weighted by molar-refractivity contribution is 9.11. The second kappa shape index (κ2) is 10.9. The van der Waals surface area contributed by atoms with Gasteiger partial charge in [0.15, 0.2) is 0 Å². The number of aromatic hydroxyl groups is 1. The Morgan fingerprint density at radius 3 is 2.12 bits per heavy atom. The molecule has 24 heavy (non-hydrogen) atoms. The van der Waals surface area contributed by atoms with Crippen molar-refractivity contribution in [3.8, 4) is 5.75 Å². The predicted octanol–water partition coefficient (Wildman–Crippen LogP) is 5.97. The maximum Gasteiger partial charge on any atom is 0.259 e. The molecule has 0 heterocycles. The van der Waals surface area contributed by atoms with Crippen molar-refractivity contribution in [2.24, 2.45) is 0 Å². The van der Waals surface area contributed by atoms with Gasteiger partial charge in [0, 0.05) is 27.8 Å². The minimum absolute atomic E-state index is 0.0854. The summed E-state index contributed by atoms with van der Waals surface area (Å²) in [5.74, 6) is -0.459. The van der Waals surface area contributed by atoms with Crippen LogP contribution in [0.1, 0.15) is 24.2 Å². The van der Waals surface area contributed by atoms with E-state index in [1.807, 2.05) is 26.0 Å². The number of phenols is 1. The van der Waals surface area contributed by atoms with Gasteiger partial charge in [0.05, 0.1) is 10.0 Å². The van der Waals surface area contributed by atoms with Gasteiger partial charge in [0.25, 0.3) is 5.91 Å². The van der Waals surface area contributed by atoms with Gasteiger partial charge in [-0.1, -0.05) is 31.9 Å². The third-order valence-electron chi connectivity index (χ3n) is 2.78. The normalized spacial score (nSPS) is 9.88. The third kappa shape index (κ3) is 6.93. The van der Waals surface area contributed by atoms with Crippen molar-refractivity contribution in [3.05, 3.63) is 55.4 Å². The fraction of sp³-hybridized carbons (Fsp3) is 0.235. The first-order valence-electron chi connectivity index (χ1n) is 7.21. The lowest BCUT2D eigenvalue weighted by atomic mass is 10.2. The maximum absolute atomic E-state index is 12.1. The van der Waals surface area contributed by atoms with Crippen molar-refractivity contribution in [1.29, 1.82) is 0 Å². The standard InChI is InChI=1S/C13H8Br3NO2.C4H10O/c14-7-1-3-9(4-2-7)17-13(19)10-5-8(15)6-11(16)12(10)18;1-3-5-4-2/h1-6,18H,(H,17,19);3-4H2,1-2H3. The number of carbonyl (C=O) groups excluding carboxylic acids is 1. The average molecular weight is 524 g/mol. The monoisotopic (exact) mass is 521 g/mol. The Hall–Kier alpha value is -0.890. The number of hydrogen-bond donors (Lipinski definition) is 2. The van der Waals surface area contributed by atoms with Gasteiger partial charge in [0.2, 0.25) is 0 Å². The van der Waals surface area contributed by atoms with Gasteiger partial charge in [-0.2, -0.15) is 0 Å². The minimum Gasteiger partial charge on any atom is -0.506 e. The van der Waals surface area contributed by atoms with Crippen molar-refractivity contribution in [2.45, 2.75) is 13.8 Å². The first-order valence-corrected chi connectivity index (χ1v) is 9.59. The number of nitrogens with one attached hydrogen (secondary N) is 1. The Kier molecular flexibility index (Phi) is 9.58. The van der Waals surface area contributed by atoms with Crippen LogP contribution in [0.3, 0.4) is 0 Å². The lowest BCUT2D eigenvalue weighted by Crippen LogP contribution is -2.12. The fourth-order valence-electron chi connectivity index (χ4n) is 1.67. The van der Waals surface area contributed by atoms with Gasteiger partial charge in [-0.3, -0.25) is 4.79 Å². The predicted molar refractivity (Wildman–Crippen MR) is 108 cm³/mol. The van der Waals surface area contributed by atoms with Crippen LogP contribution in [-0.2, 0) is 4.74 Å². The number of rotatable bonds is 4. The van der Waals surface area contributed by atoms with Crippen LogP contribution in [0.15, 0.2) is 49.8 Å². The highest BCUT2D eigenvalue weighted by atomic mass is 79.9. The number of halogens is 3. The number of ether oxygens (including phenoxy) is 1. The number of amides is 1. The zero-order valence-electron chi connectivity index (χ0n) is 13.3. The number of hydrogen-bond acceptors (Lipinski definition) is 3. The van der Waals surface area contributed by atoms with E-state index in [1.54, 1.807) is 24.3 Å². The molecule has 0 bridgehead atoms. The Balaban J connectivity index is 0.000000505. The first kappa shape index (κ1) is 21.2. The molecule has 4 nitrogen and oxygen atoms in total. The van der Waals surface area contributed by atoms with Gasteiger partial charge in [-0.05, 0) is 66.2 Å². The molecule has 2 aromatic carbocycles. The molecular formula is C17H18Br3NO3. The maximum atomic E-state index is 12.1. The Morgan fingerprint density at radius 1 is 1.04 bits per heavy atom. The summed E-state index contributed by atoms with van der Waals surface area (Å²) < 4.78 is 6.93. The molecule has 0 unspecified atom stereocenters. The molecule has 0 saturated carbocycles. The lowest BCUT2D eigenvalue weighted by Gasteiger charge is -2.09. The molecule has 1 amide bonds. The van der Waals surface area contributed by atoms with Crippen LogP contribution in [0.25, 0.3) is 0 Å². The van der Waals surface area contributed by atoms with E-state index in [9.17, 15) is 9.90 Å². The van der Waals surface area contributed by atoms with Crippen LogP contribution in [0.5, 0.6) is 5.75 Å². The van der Waals surface area contributed by atoms with Crippen LogP contribution >= 0.6 is 47.8 Å². The highest BCUT2D eigenvalue weighted by Crippen LogP contribution is 2.32. The van der Waals surface area contributed by atoms with Gasteiger partial charge in [-0.15, -0.1) is 0 Å². The van der Waals surface area contributed by atoms with Gasteiger partial charge >= 0.3 is 0 Å². The summed E-state index contributed by atoms with van der Waals surface area (Å²) in [6.45, 7) is 5.67. The smallest absolute Gasteiger partial charge is 0.259 e. The summed E-state index contributed by atoms with van der Waals surface area (Å²) in [6.07, 6.45) is 0. The van der Waals surface area contributed by atoms with Crippen LogP contribution in [0.2, 0.25) is 0 Å². The Morgan fingerprint density at radius 2 is 1.62 bits per heavy atom. The molecule has 0 aliphatic rings. The number of benzene rings is 2. The van der Waals surface area contributed by atoms with Gasteiger partial charge in [0.1, 0.15) is 5.75 Å². The summed E-state index contributed by atoms with van der Waals surface area (Å²) in [4.78, 5) is 12.1. The van der Waals surface area contributed by atoms with Crippen molar-refractivity contribution in [1.82, 2.24) is 0 Å². The summed E-state index contributed by atoms with van der Waals surface area (Å²) in [5.41, 5.74) is 0.855. The van der Waals surface area contributed by atoms with Crippen LogP contribution in [0.4, 0.5) is 5.69 Å². The molecule has 0 radical (unpaired) electrons. The number of anilines is 1. The largest absolute Gasteiger partial charge is 0.506 e. The number of phenolic OH excluding ortho intramolecular Hbond substituents is 1. The second-order valence-corrected chi connectivity index (χ2v) is 7.21. The zero-order chi connectivity index (χ0) is 18.1. The Labute approximate surface area is 167 Å². The molecular weight excluding hydrogens is 506 g/mol. The van der Waals surface area contributed by atoms with Crippen LogP contribution in [0, 0.1) is 0 Å². The molecule has 0 aromatic heterocycles. The molecule has 130 valence electrons. The molecule has 2 aromatic rings. The van der Waals surface area contributed by atoms with E-state index < -0.39 is 0 Å². The van der Waals surface area contributed by atoms with E-state index in [1.165, 1.54) is 0 Å².